The van der Waals surface area contributed by atoms with E-state index in [2.05, 4.69) is 20.6 Å². The van der Waals surface area contributed by atoms with E-state index in [0.29, 0.717) is 5.95 Å². The maximum Gasteiger partial charge on any atom is 0.270 e. The van der Waals surface area contributed by atoms with Crippen molar-refractivity contribution in [3.63, 3.8) is 0 Å². The van der Waals surface area contributed by atoms with Crippen LogP contribution in [0.3, 0.4) is 0 Å². The molecular formula is C21H27F2N5O2S. The lowest BCUT2D eigenvalue weighted by molar-refractivity contribution is -0.119. The molecule has 0 saturated heterocycles. The van der Waals surface area contributed by atoms with E-state index in [1.807, 2.05) is 25.9 Å². The van der Waals surface area contributed by atoms with Crippen molar-refractivity contribution in [1.82, 2.24) is 15.3 Å². The van der Waals surface area contributed by atoms with Crippen molar-refractivity contribution in [3.05, 3.63) is 41.6 Å². The molecule has 31 heavy (non-hydrogen) atoms. The quantitative estimate of drug-likeness (QED) is 0.629. The first-order valence-electron chi connectivity index (χ1n) is 10.1. The van der Waals surface area contributed by atoms with Crippen LogP contribution in [0.1, 0.15) is 31.2 Å². The number of hydrogen-bond acceptors (Lipinski definition) is 6. The zero-order chi connectivity index (χ0) is 22.5. The zero-order valence-corrected chi connectivity index (χ0v) is 18.6. The Labute approximate surface area is 183 Å². The largest absolute Gasteiger partial charge is 0.611 e. The number of hydrogen-bond donors (Lipinski definition) is 2. The lowest BCUT2D eigenvalue weighted by Crippen LogP contribution is -2.42. The van der Waals surface area contributed by atoms with Gasteiger partial charge in [0, 0.05) is 44.0 Å². The Bertz CT molecular complexity index is 923. The van der Waals surface area contributed by atoms with Gasteiger partial charge < -0.3 is 20.1 Å². The molecule has 2 N–H and O–H groups in total. The molecule has 0 spiro atoms. The van der Waals surface area contributed by atoms with Crippen LogP contribution in [0.15, 0.2) is 29.3 Å². The summed E-state index contributed by atoms with van der Waals surface area (Å²) in [5.41, 5.74) is 1.00. The number of aryl methyl sites for hydroxylation is 1. The minimum atomic E-state index is -1.73. The molecule has 1 aromatic carbocycles. The van der Waals surface area contributed by atoms with E-state index in [4.69, 9.17) is 0 Å². The molecule has 0 radical (unpaired) electrons. The topological polar surface area (TPSA) is 93.2 Å². The van der Waals surface area contributed by atoms with E-state index in [1.54, 1.807) is 6.20 Å². The third-order valence-corrected chi connectivity index (χ3v) is 6.51. The van der Waals surface area contributed by atoms with Crippen LogP contribution in [0, 0.1) is 18.6 Å². The number of rotatable bonds is 7. The summed E-state index contributed by atoms with van der Waals surface area (Å²) in [6, 6.07) is 3.21. The highest BCUT2D eigenvalue weighted by Crippen LogP contribution is 2.23. The molecule has 10 heteroatoms. The van der Waals surface area contributed by atoms with Gasteiger partial charge in [-0.25, -0.2) is 13.8 Å². The zero-order valence-electron chi connectivity index (χ0n) is 17.8. The number of amides is 1. The first kappa shape index (κ1) is 23.2. The maximum atomic E-state index is 13.3. The number of carbonyl (C=O) groups excluding carboxylic acids is 1. The van der Waals surface area contributed by atoms with Crippen molar-refractivity contribution in [2.24, 2.45) is 0 Å². The highest BCUT2D eigenvalue weighted by molar-refractivity contribution is 7.92. The fraction of sp³-hybridized carbons (Fsp3) is 0.476. The summed E-state index contributed by atoms with van der Waals surface area (Å²) in [5, 5.41) is 6.26. The van der Waals surface area contributed by atoms with Crippen molar-refractivity contribution in [1.29, 1.82) is 0 Å². The van der Waals surface area contributed by atoms with Crippen LogP contribution >= 0.6 is 0 Å². The smallest absolute Gasteiger partial charge is 0.270 e. The van der Waals surface area contributed by atoms with Crippen LogP contribution in [0.25, 0.3) is 0 Å². The summed E-state index contributed by atoms with van der Waals surface area (Å²) in [7, 11) is 3.87. The Morgan fingerprint density at radius 1 is 1.19 bits per heavy atom. The van der Waals surface area contributed by atoms with E-state index in [-0.39, 0.29) is 28.6 Å². The van der Waals surface area contributed by atoms with Gasteiger partial charge >= 0.3 is 0 Å². The fourth-order valence-electron chi connectivity index (χ4n) is 3.61. The molecule has 1 aromatic heterocycles. The Kier molecular flexibility index (Phi) is 7.66. The molecule has 1 aliphatic rings. The van der Waals surface area contributed by atoms with E-state index in [1.165, 1.54) is 6.07 Å². The van der Waals surface area contributed by atoms with Crippen molar-refractivity contribution in [3.8, 4) is 0 Å². The van der Waals surface area contributed by atoms with Gasteiger partial charge in [0.05, 0.1) is 0 Å². The average Bonchev–Trinajstić information content (AvgIpc) is 2.72. The lowest BCUT2D eigenvalue weighted by atomic mass is 9.91. The molecule has 168 valence electrons. The van der Waals surface area contributed by atoms with Gasteiger partial charge in [-0.3, -0.25) is 4.79 Å². The highest BCUT2D eigenvalue weighted by atomic mass is 32.2. The second-order valence-corrected chi connectivity index (χ2v) is 9.37. The third kappa shape index (κ3) is 6.27. The first-order chi connectivity index (χ1) is 14.7. The SMILES string of the molecule is Cc1cnc(N[C@H]2CC[C@@H](NC(=O)C[S+]([O-])c3ccc(F)c(F)c3)CC2)nc1N(C)C. The number of aromatic nitrogens is 2. The monoisotopic (exact) mass is 451 g/mol. The predicted octanol–water partition coefficient (Wildman–Crippen LogP) is 2.78. The van der Waals surface area contributed by atoms with Gasteiger partial charge in [-0.2, -0.15) is 4.98 Å². The average molecular weight is 452 g/mol. The van der Waals surface area contributed by atoms with Crippen LogP contribution < -0.4 is 15.5 Å². The van der Waals surface area contributed by atoms with Crippen LogP contribution in [0.4, 0.5) is 20.5 Å². The van der Waals surface area contributed by atoms with Gasteiger partial charge in [0.15, 0.2) is 22.3 Å². The molecule has 1 saturated carbocycles. The summed E-state index contributed by atoms with van der Waals surface area (Å²) in [6.07, 6.45) is 5.02. The number of nitrogens with one attached hydrogen (secondary N) is 2. The summed E-state index contributed by atoms with van der Waals surface area (Å²) in [4.78, 5) is 23.2. The normalized spacial score (nSPS) is 19.5. The Hall–Kier alpha value is -2.46. The number of nitrogens with zero attached hydrogens (tertiary/aromatic N) is 3. The summed E-state index contributed by atoms with van der Waals surface area (Å²) in [5.74, 6) is -1.28. The number of anilines is 2. The molecule has 0 bridgehead atoms. The van der Waals surface area contributed by atoms with Gasteiger partial charge in [-0.1, -0.05) is 0 Å². The Balaban J connectivity index is 1.46. The van der Waals surface area contributed by atoms with Gasteiger partial charge in [0.25, 0.3) is 5.91 Å². The van der Waals surface area contributed by atoms with E-state index >= 15 is 0 Å². The van der Waals surface area contributed by atoms with E-state index in [0.717, 1.165) is 49.2 Å². The maximum absolute atomic E-state index is 13.3. The van der Waals surface area contributed by atoms with Gasteiger partial charge in [-0.05, 0) is 55.9 Å². The van der Waals surface area contributed by atoms with Crippen molar-refractivity contribution in [2.75, 3.05) is 30.1 Å². The molecule has 1 heterocycles. The minimum absolute atomic E-state index is 0.0104. The number of benzene rings is 1. The molecule has 1 amide bonds. The van der Waals surface area contributed by atoms with Crippen LogP contribution in [0.5, 0.6) is 0 Å². The standard InChI is InChI=1S/C21H27F2N5O2S/c1-13-11-24-21(27-20(13)28(2)3)26-15-6-4-14(5-7-15)25-19(29)12-31(30)16-8-9-17(22)18(23)10-16/h8-11,14-15H,4-7,12H2,1-3H3,(H,25,29)(H,24,26,27)/t14-,15+,31?. The third-order valence-electron chi connectivity index (χ3n) is 5.21. The molecular weight excluding hydrogens is 424 g/mol. The Morgan fingerprint density at radius 3 is 2.52 bits per heavy atom. The molecule has 1 unspecified atom stereocenters. The Morgan fingerprint density at radius 2 is 1.87 bits per heavy atom. The first-order valence-corrected chi connectivity index (χ1v) is 11.4. The predicted molar refractivity (Wildman–Crippen MR) is 117 cm³/mol. The minimum Gasteiger partial charge on any atom is -0.611 e. The van der Waals surface area contributed by atoms with E-state index < -0.39 is 22.8 Å². The van der Waals surface area contributed by atoms with Crippen LogP contribution in [0.2, 0.25) is 0 Å². The molecule has 1 aliphatic carbocycles. The fourth-order valence-corrected chi connectivity index (χ4v) is 4.55. The van der Waals surface area contributed by atoms with Gasteiger partial charge in [-0.15, -0.1) is 0 Å². The van der Waals surface area contributed by atoms with Gasteiger partial charge in [0.2, 0.25) is 5.95 Å². The summed E-state index contributed by atoms with van der Waals surface area (Å²) >= 11 is -1.73. The molecule has 2 aromatic rings. The van der Waals surface area contributed by atoms with E-state index in [9.17, 15) is 18.1 Å². The molecule has 7 nitrogen and oxygen atoms in total. The summed E-state index contributed by atoms with van der Waals surface area (Å²) in [6.45, 7) is 1.96. The second kappa shape index (κ2) is 10.2. The van der Waals surface area contributed by atoms with Crippen molar-refractivity contribution in [2.45, 2.75) is 49.6 Å². The summed E-state index contributed by atoms with van der Waals surface area (Å²) < 4.78 is 38.6. The molecule has 1 atom stereocenters. The molecule has 1 fully saturated rings. The van der Waals surface area contributed by atoms with Crippen LogP contribution in [-0.2, 0) is 16.0 Å². The van der Waals surface area contributed by atoms with Crippen molar-refractivity contribution >= 4 is 28.8 Å². The van der Waals surface area contributed by atoms with Crippen LogP contribution in [-0.4, -0.2) is 52.4 Å². The highest BCUT2D eigenvalue weighted by Gasteiger charge is 2.25. The lowest BCUT2D eigenvalue weighted by Gasteiger charge is -2.30. The number of carbonyl (C=O) groups is 1. The van der Waals surface area contributed by atoms with Crippen molar-refractivity contribution < 1.29 is 18.1 Å². The van der Waals surface area contributed by atoms with Gasteiger partial charge in [0.1, 0.15) is 5.82 Å². The second-order valence-electron chi connectivity index (χ2n) is 7.92. The number of halogens is 2. The molecule has 3 rings (SSSR count). The molecule has 0 aliphatic heterocycles.